The minimum absolute atomic E-state index is 0.662. The zero-order valence-electron chi connectivity index (χ0n) is 8.44. The summed E-state index contributed by atoms with van der Waals surface area (Å²) < 4.78 is 0. The molecule has 0 aromatic carbocycles. The highest BCUT2D eigenvalue weighted by atomic mass is 14.1. The summed E-state index contributed by atoms with van der Waals surface area (Å²) in [5.41, 5.74) is 4.52. The first-order chi connectivity index (χ1) is 5.07. The third-order valence-corrected chi connectivity index (χ3v) is 2.18. The maximum Gasteiger partial charge on any atom is -0.0160 e. The molecule has 0 nitrogen and oxygen atoms in total. The molecule has 0 aliphatic heterocycles. The molecule has 0 N–H and O–H groups in total. The third-order valence-electron chi connectivity index (χ3n) is 2.18. The van der Waals surface area contributed by atoms with Crippen LogP contribution in [-0.2, 0) is 0 Å². The van der Waals surface area contributed by atoms with Crippen LogP contribution in [0.1, 0.15) is 41.0 Å². The van der Waals surface area contributed by atoms with E-state index >= 15 is 0 Å². The molecule has 0 amide bonds. The van der Waals surface area contributed by atoms with E-state index in [4.69, 9.17) is 0 Å². The second-order valence-corrected chi connectivity index (χ2v) is 3.56. The highest BCUT2D eigenvalue weighted by Gasteiger charge is 2.04. The fraction of sp³-hybridized carbons (Fsp3) is 0.727. The highest BCUT2D eigenvalue weighted by molar-refractivity contribution is 4.96. The maximum atomic E-state index is 3.25. The van der Waals surface area contributed by atoms with Crippen LogP contribution in [-0.4, -0.2) is 0 Å². The first-order valence-corrected chi connectivity index (χ1v) is 4.48. The second-order valence-electron chi connectivity index (χ2n) is 3.56. The normalized spacial score (nSPS) is 15.0. The summed E-state index contributed by atoms with van der Waals surface area (Å²) in [5.74, 6) is 1.44. The van der Waals surface area contributed by atoms with Crippen LogP contribution in [0.5, 0.6) is 0 Å². The van der Waals surface area contributed by atoms with Crippen molar-refractivity contribution in [3.8, 4) is 0 Å². The number of allylic oxidation sites excluding steroid dienone is 1. The van der Waals surface area contributed by atoms with E-state index in [-0.39, 0.29) is 0 Å². The van der Waals surface area contributed by atoms with E-state index in [0.29, 0.717) is 5.92 Å². The molecule has 0 saturated heterocycles. The van der Waals surface area contributed by atoms with Crippen LogP contribution >= 0.6 is 0 Å². The summed E-state index contributed by atoms with van der Waals surface area (Å²) in [5, 5.41) is 0. The quantitative estimate of drug-likeness (QED) is 0.540. The lowest BCUT2D eigenvalue weighted by Crippen LogP contribution is -2.02. The summed E-state index contributed by atoms with van der Waals surface area (Å²) in [6, 6.07) is 0. The second kappa shape index (κ2) is 5.21. The average molecular weight is 152 g/mol. The highest BCUT2D eigenvalue weighted by Crippen LogP contribution is 2.14. The first kappa shape index (κ1) is 10.5. The van der Waals surface area contributed by atoms with Crippen LogP contribution in [0.3, 0.4) is 0 Å². The molecular weight excluding hydrogens is 132 g/mol. The van der Waals surface area contributed by atoms with Gasteiger partial charge in [-0.2, -0.15) is 0 Å². The van der Waals surface area contributed by atoms with Crippen LogP contribution in [0.2, 0.25) is 0 Å². The number of hydrogen-bond acceptors (Lipinski definition) is 0. The largest absolute Gasteiger partial charge is 0.126 e. The summed E-state index contributed by atoms with van der Waals surface area (Å²) in [4.78, 5) is 0. The fourth-order valence-corrected chi connectivity index (χ4v) is 0.834. The smallest absolute Gasteiger partial charge is 0.0160 e. The van der Waals surface area contributed by atoms with Gasteiger partial charge in [0.2, 0.25) is 0 Å². The molecule has 2 unspecified atom stereocenters. The summed E-state index contributed by atoms with van der Waals surface area (Å²) >= 11 is 0. The molecular formula is C11H20. The van der Waals surface area contributed by atoms with E-state index in [1.807, 2.05) is 0 Å². The van der Waals surface area contributed by atoms with Gasteiger partial charge in [0.1, 0.15) is 0 Å². The summed E-state index contributed by atoms with van der Waals surface area (Å²) in [6.07, 6.45) is 3.44. The van der Waals surface area contributed by atoms with Crippen molar-refractivity contribution in [1.29, 1.82) is 0 Å². The van der Waals surface area contributed by atoms with Crippen molar-refractivity contribution >= 4 is 0 Å². The minimum Gasteiger partial charge on any atom is -0.126 e. The van der Waals surface area contributed by atoms with E-state index in [9.17, 15) is 0 Å². The Morgan fingerprint density at radius 1 is 1.36 bits per heavy atom. The van der Waals surface area contributed by atoms with E-state index in [1.54, 1.807) is 0 Å². The van der Waals surface area contributed by atoms with Gasteiger partial charge in [0.25, 0.3) is 0 Å². The van der Waals surface area contributed by atoms with E-state index in [1.165, 1.54) is 12.0 Å². The molecule has 11 heavy (non-hydrogen) atoms. The molecule has 0 fully saturated rings. The van der Waals surface area contributed by atoms with Crippen molar-refractivity contribution in [2.75, 3.05) is 0 Å². The lowest BCUT2D eigenvalue weighted by Gasteiger charge is -2.12. The molecule has 0 aliphatic rings. The van der Waals surface area contributed by atoms with Crippen molar-refractivity contribution in [2.45, 2.75) is 41.0 Å². The zero-order chi connectivity index (χ0) is 8.85. The van der Waals surface area contributed by atoms with Gasteiger partial charge in [0, 0.05) is 0 Å². The molecule has 64 valence electrons. The molecule has 0 aromatic rings. The SMILES string of the molecule is CCC(C)C(C)C=C=C(C)C. The van der Waals surface area contributed by atoms with Crippen LogP contribution in [0, 0.1) is 11.8 Å². The first-order valence-electron chi connectivity index (χ1n) is 4.48. The Bertz CT molecular complexity index is 155. The van der Waals surface area contributed by atoms with Gasteiger partial charge in [-0.15, -0.1) is 5.73 Å². The van der Waals surface area contributed by atoms with Crippen LogP contribution in [0.4, 0.5) is 0 Å². The molecule has 0 radical (unpaired) electrons. The van der Waals surface area contributed by atoms with Gasteiger partial charge < -0.3 is 0 Å². The van der Waals surface area contributed by atoms with E-state index < -0.39 is 0 Å². The molecule has 0 spiro atoms. The molecule has 2 atom stereocenters. The molecule has 0 bridgehead atoms. The van der Waals surface area contributed by atoms with Gasteiger partial charge in [-0.05, 0) is 37.3 Å². The monoisotopic (exact) mass is 152 g/mol. The topological polar surface area (TPSA) is 0 Å². The Kier molecular flexibility index (Phi) is 4.98. The standard InChI is InChI=1S/C11H20/c1-6-10(4)11(5)8-7-9(2)3/h8,10-11H,6H2,1-5H3. The van der Waals surface area contributed by atoms with Crippen molar-refractivity contribution in [2.24, 2.45) is 11.8 Å². The van der Waals surface area contributed by atoms with Gasteiger partial charge in [-0.3, -0.25) is 0 Å². The lowest BCUT2D eigenvalue weighted by molar-refractivity contribution is 0.446. The van der Waals surface area contributed by atoms with E-state index in [2.05, 4.69) is 46.4 Å². The molecule has 0 aromatic heterocycles. The zero-order valence-corrected chi connectivity index (χ0v) is 8.44. The van der Waals surface area contributed by atoms with Crippen LogP contribution in [0.25, 0.3) is 0 Å². The Balaban J connectivity index is 4.06. The summed E-state index contributed by atoms with van der Waals surface area (Å²) in [6.45, 7) is 10.9. The van der Waals surface area contributed by atoms with Gasteiger partial charge in [-0.25, -0.2) is 0 Å². The Morgan fingerprint density at radius 3 is 2.27 bits per heavy atom. The van der Waals surface area contributed by atoms with Crippen molar-refractivity contribution in [1.82, 2.24) is 0 Å². The maximum absolute atomic E-state index is 3.25. The Hall–Kier alpha value is -0.480. The van der Waals surface area contributed by atoms with Crippen molar-refractivity contribution in [3.05, 3.63) is 17.4 Å². The van der Waals surface area contributed by atoms with Crippen LogP contribution in [0.15, 0.2) is 17.4 Å². The number of hydrogen-bond donors (Lipinski definition) is 0. The predicted molar refractivity (Wildman–Crippen MR) is 51.6 cm³/mol. The molecule has 0 saturated carbocycles. The number of rotatable bonds is 3. The predicted octanol–water partition coefficient (Wildman–Crippen LogP) is 3.79. The molecule has 0 rings (SSSR count). The summed E-state index contributed by atoms with van der Waals surface area (Å²) in [7, 11) is 0. The van der Waals surface area contributed by atoms with Crippen LogP contribution < -0.4 is 0 Å². The molecule has 0 heteroatoms. The molecule has 0 heterocycles. The van der Waals surface area contributed by atoms with Gasteiger partial charge in [-0.1, -0.05) is 27.2 Å². The fourth-order valence-electron chi connectivity index (χ4n) is 0.834. The van der Waals surface area contributed by atoms with E-state index in [0.717, 1.165) is 5.92 Å². The van der Waals surface area contributed by atoms with Gasteiger partial charge >= 0.3 is 0 Å². The average Bonchev–Trinajstić information content (AvgIpc) is 1.98. The minimum atomic E-state index is 0.662. The van der Waals surface area contributed by atoms with Gasteiger partial charge in [0.15, 0.2) is 0 Å². The third kappa shape index (κ3) is 4.86. The van der Waals surface area contributed by atoms with Crippen molar-refractivity contribution < 1.29 is 0 Å². The molecule has 0 aliphatic carbocycles. The Labute approximate surface area is 71.0 Å². The van der Waals surface area contributed by atoms with Crippen molar-refractivity contribution in [3.63, 3.8) is 0 Å². The Morgan fingerprint density at radius 2 is 1.91 bits per heavy atom. The van der Waals surface area contributed by atoms with Gasteiger partial charge in [0.05, 0.1) is 0 Å². The lowest BCUT2D eigenvalue weighted by atomic mass is 9.93.